The number of halogens is 3. The summed E-state index contributed by atoms with van der Waals surface area (Å²) in [5, 5.41) is 0. The minimum atomic E-state index is -4.30. The second-order valence-corrected chi connectivity index (χ2v) is 2.71. The molecule has 0 aliphatic heterocycles. The number of nitrogens with two attached hydrogens (primary N) is 1. The van der Waals surface area contributed by atoms with E-state index in [0.717, 1.165) is 0 Å². The predicted molar refractivity (Wildman–Crippen MR) is 38.3 cm³/mol. The molecule has 5 heteroatoms. The highest BCUT2D eigenvalue weighted by Crippen LogP contribution is 2.26. The lowest BCUT2D eigenvalue weighted by molar-refractivity contribution is -0.153. The van der Waals surface area contributed by atoms with Crippen molar-refractivity contribution < 1.29 is 18.0 Å². The topological polar surface area (TPSA) is 43.1 Å². The molecule has 0 bridgehead atoms. The van der Waals surface area contributed by atoms with E-state index in [4.69, 9.17) is 5.73 Å². The Morgan fingerprint density at radius 2 is 2.00 bits per heavy atom. The van der Waals surface area contributed by atoms with Crippen LogP contribution in [-0.2, 0) is 4.79 Å². The minimum Gasteiger partial charge on any atom is -0.369 e. The van der Waals surface area contributed by atoms with Gasteiger partial charge in [0.15, 0.2) is 0 Å². The largest absolute Gasteiger partial charge is 0.389 e. The number of hydrogen-bond donors (Lipinski definition) is 1. The summed E-state index contributed by atoms with van der Waals surface area (Å²) in [6.45, 7) is 1.71. The van der Waals surface area contributed by atoms with Crippen LogP contribution in [-0.4, -0.2) is 12.1 Å². The molecule has 0 aromatic carbocycles. The molecule has 0 fully saturated rings. The van der Waals surface area contributed by atoms with Gasteiger partial charge in [0.1, 0.15) is 0 Å². The van der Waals surface area contributed by atoms with Crippen molar-refractivity contribution in [2.24, 2.45) is 11.7 Å². The van der Waals surface area contributed by atoms with Crippen LogP contribution in [0.15, 0.2) is 0 Å². The van der Waals surface area contributed by atoms with Crippen LogP contribution in [0.2, 0.25) is 0 Å². The third-order valence-electron chi connectivity index (χ3n) is 1.52. The maximum Gasteiger partial charge on any atom is 0.389 e. The molecule has 1 amide bonds. The van der Waals surface area contributed by atoms with E-state index in [0.29, 0.717) is 6.42 Å². The summed E-state index contributed by atoms with van der Waals surface area (Å²) in [7, 11) is 0. The Morgan fingerprint density at radius 1 is 1.50 bits per heavy atom. The van der Waals surface area contributed by atoms with Crippen molar-refractivity contribution in [1.82, 2.24) is 0 Å². The number of hydrogen-bond acceptors (Lipinski definition) is 1. The van der Waals surface area contributed by atoms with E-state index in [1.165, 1.54) is 0 Å². The molecule has 0 saturated heterocycles. The first-order valence-corrected chi connectivity index (χ1v) is 3.73. The third kappa shape index (κ3) is 4.98. The molecule has 0 rings (SSSR count). The summed E-state index contributed by atoms with van der Waals surface area (Å²) in [6, 6.07) is 0. The Hall–Kier alpha value is -0.740. The number of alkyl halides is 3. The normalized spacial score (nSPS) is 14.3. The molecule has 72 valence electrons. The van der Waals surface area contributed by atoms with Crippen LogP contribution in [0.5, 0.6) is 0 Å². The molecule has 0 radical (unpaired) electrons. The fourth-order valence-corrected chi connectivity index (χ4v) is 0.973. The Labute approximate surface area is 68.9 Å². The number of carbonyl (C=O) groups excluding carboxylic acids is 1. The Morgan fingerprint density at radius 3 is 2.25 bits per heavy atom. The van der Waals surface area contributed by atoms with Crippen LogP contribution in [0.3, 0.4) is 0 Å². The van der Waals surface area contributed by atoms with E-state index in [2.05, 4.69) is 0 Å². The molecule has 0 spiro atoms. The summed E-state index contributed by atoms with van der Waals surface area (Å²) in [5.74, 6) is -1.93. The van der Waals surface area contributed by atoms with Crippen molar-refractivity contribution in [3.8, 4) is 0 Å². The molecule has 0 aromatic heterocycles. The van der Waals surface area contributed by atoms with E-state index in [9.17, 15) is 18.0 Å². The smallest absolute Gasteiger partial charge is 0.369 e. The van der Waals surface area contributed by atoms with Gasteiger partial charge >= 0.3 is 6.18 Å². The molecule has 0 saturated carbocycles. The van der Waals surface area contributed by atoms with Gasteiger partial charge in [-0.05, 0) is 6.42 Å². The highest BCUT2D eigenvalue weighted by atomic mass is 19.4. The third-order valence-corrected chi connectivity index (χ3v) is 1.52. The van der Waals surface area contributed by atoms with Crippen molar-refractivity contribution in [3.05, 3.63) is 0 Å². The maximum atomic E-state index is 11.8. The molecule has 0 heterocycles. The van der Waals surface area contributed by atoms with Gasteiger partial charge in [-0.3, -0.25) is 4.79 Å². The molecule has 0 aliphatic rings. The first-order valence-electron chi connectivity index (χ1n) is 3.73. The molecule has 12 heavy (non-hydrogen) atoms. The van der Waals surface area contributed by atoms with Crippen molar-refractivity contribution in [3.63, 3.8) is 0 Å². The SMILES string of the molecule is CCC[C@H](CC(F)(F)F)C(N)=O. The van der Waals surface area contributed by atoms with Crippen molar-refractivity contribution in [2.45, 2.75) is 32.4 Å². The van der Waals surface area contributed by atoms with Gasteiger partial charge in [0.25, 0.3) is 0 Å². The zero-order valence-electron chi connectivity index (χ0n) is 6.82. The first-order chi connectivity index (χ1) is 5.37. The molecule has 0 unspecified atom stereocenters. The van der Waals surface area contributed by atoms with Crippen LogP contribution in [0, 0.1) is 5.92 Å². The van der Waals surface area contributed by atoms with Gasteiger partial charge < -0.3 is 5.73 Å². The molecule has 1 atom stereocenters. The average Bonchev–Trinajstić information content (AvgIpc) is 1.83. The number of amides is 1. The van der Waals surface area contributed by atoms with E-state index < -0.39 is 24.4 Å². The fourth-order valence-electron chi connectivity index (χ4n) is 0.973. The zero-order valence-corrected chi connectivity index (χ0v) is 6.82. The average molecular weight is 183 g/mol. The summed E-state index contributed by atoms with van der Waals surface area (Å²) < 4.78 is 35.3. The van der Waals surface area contributed by atoms with E-state index in [1.54, 1.807) is 6.92 Å². The highest BCUT2D eigenvalue weighted by Gasteiger charge is 2.33. The molecule has 0 aromatic rings. The minimum absolute atomic E-state index is 0.203. The Bertz CT molecular complexity index is 155. The fraction of sp³-hybridized carbons (Fsp3) is 0.857. The van der Waals surface area contributed by atoms with Gasteiger partial charge in [0.05, 0.1) is 6.42 Å². The van der Waals surface area contributed by atoms with E-state index >= 15 is 0 Å². The highest BCUT2D eigenvalue weighted by molar-refractivity contribution is 5.76. The van der Waals surface area contributed by atoms with Crippen LogP contribution < -0.4 is 5.73 Å². The van der Waals surface area contributed by atoms with Gasteiger partial charge in [-0.25, -0.2) is 0 Å². The van der Waals surface area contributed by atoms with Gasteiger partial charge in [-0.2, -0.15) is 13.2 Å². The zero-order chi connectivity index (χ0) is 9.78. The lowest BCUT2D eigenvalue weighted by Gasteiger charge is -2.13. The lowest BCUT2D eigenvalue weighted by Crippen LogP contribution is -2.28. The van der Waals surface area contributed by atoms with Crippen molar-refractivity contribution >= 4 is 5.91 Å². The second-order valence-electron chi connectivity index (χ2n) is 2.71. The first kappa shape index (κ1) is 11.3. The number of rotatable bonds is 4. The number of carbonyl (C=O) groups is 1. The summed E-state index contributed by atoms with van der Waals surface area (Å²) in [5.41, 5.74) is 4.79. The summed E-state index contributed by atoms with van der Waals surface area (Å²) in [4.78, 5) is 10.5. The van der Waals surface area contributed by atoms with Gasteiger partial charge in [-0.1, -0.05) is 13.3 Å². The lowest BCUT2D eigenvalue weighted by atomic mass is 9.99. The van der Waals surface area contributed by atoms with E-state index in [-0.39, 0.29) is 6.42 Å². The van der Waals surface area contributed by atoms with Crippen LogP contribution >= 0.6 is 0 Å². The van der Waals surface area contributed by atoms with Crippen molar-refractivity contribution in [2.75, 3.05) is 0 Å². The molecular formula is C7H12F3NO. The second kappa shape index (κ2) is 4.33. The molecule has 2 nitrogen and oxygen atoms in total. The number of primary amides is 1. The Balaban J connectivity index is 4.05. The predicted octanol–water partition coefficient (Wildman–Crippen LogP) is 1.84. The van der Waals surface area contributed by atoms with Crippen LogP contribution in [0.4, 0.5) is 13.2 Å². The van der Waals surface area contributed by atoms with Gasteiger partial charge in [0, 0.05) is 5.92 Å². The van der Waals surface area contributed by atoms with Crippen LogP contribution in [0.1, 0.15) is 26.2 Å². The van der Waals surface area contributed by atoms with Gasteiger partial charge in [0.2, 0.25) is 5.91 Å². The van der Waals surface area contributed by atoms with Crippen molar-refractivity contribution in [1.29, 1.82) is 0 Å². The molecule has 0 aliphatic carbocycles. The van der Waals surface area contributed by atoms with Gasteiger partial charge in [-0.15, -0.1) is 0 Å². The monoisotopic (exact) mass is 183 g/mol. The summed E-state index contributed by atoms with van der Waals surface area (Å²) in [6.07, 6.45) is -4.66. The maximum absolute atomic E-state index is 11.8. The Kier molecular flexibility index (Phi) is 4.06. The molecule has 2 N–H and O–H groups in total. The summed E-state index contributed by atoms with van der Waals surface area (Å²) >= 11 is 0. The quantitative estimate of drug-likeness (QED) is 0.710. The standard InChI is InChI=1S/C7H12F3NO/c1-2-3-5(6(11)12)4-7(8,9)10/h5H,2-4H2,1H3,(H2,11,12)/t5-/m1/s1. The van der Waals surface area contributed by atoms with E-state index in [1.807, 2.05) is 0 Å². The van der Waals surface area contributed by atoms with Crippen LogP contribution in [0.25, 0.3) is 0 Å². The molecular weight excluding hydrogens is 171 g/mol.